The molecule has 27 heavy (non-hydrogen) atoms. The van der Waals surface area contributed by atoms with Crippen LogP contribution < -0.4 is 5.32 Å². The Morgan fingerprint density at radius 2 is 1.93 bits per heavy atom. The van der Waals surface area contributed by atoms with Crippen molar-refractivity contribution >= 4 is 23.5 Å². The van der Waals surface area contributed by atoms with Gasteiger partial charge in [0.05, 0.1) is 25.9 Å². The van der Waals surface area contributed by atoms with Crippen LogP contribution in [0, 0.1) is 0 Å². The van der Waals surface area contributed by atoms with Crippen LogP contribution in [-0.4, -0.2) is 46.7 Å². The van der Waals surface area contributed by atoms with E-state index in [1.807, 2.05) is 12.1 Å². The van der Waals surface area contributed by atoms with Gasteiger partial charge in [-0.05, 0) is 31.0 Å². The Morgan fingerprint density at radius 3 is 2.59 bits per heavy atom. The number of carbonyl (C=O) groups is 2. The number of aliphatic hydroxyl groups excluding tert-OH is 1. The molecule has 3 amide bonds. The molecule has 1 fully saturated rings. The van der Waals surface area contributed by atoms with E-state index in [2.05, 4.69) is 12.2 Å². The summed E-state index contributed by atoms with van der Waals surface area (Å²) in [6.07, 6.45) is 3.83. The van der Waals surface area contributed by atoms with Crippen molar-refractivity contribution in [3.63, 3.8) is 0 Å². The zero-order chi connectivity index (χ0) is 19.9. The van der Waals surface area contributed by atoms with Gasteiger partial charge in [-0.15, -0.1) is 0 Å². The Hall–Kier alpha value is -1.63. The van der Waals surface area contributed by atoms with Crippen LogP contribution in [-0.2, 0) is 16.1 Å². The van der Waals surface area contributed by atoms with Crippen LogP contribution in [0.2, 0.25) is 5.02 Å². The van der Waals surface area contributed by atoms with Gasteiger partial charge in [-0.25, -0.2) is 4.79 Å². The highest BCUT2D eigenvalue weighted by molar-refractivity contribution is 6.30. The summed E-state index contributed by atoms with van der Waals surface area (Å²) in [5.41, 5.74) is 0.0515. The van der Waals surface area contributed by atoms with Gasteiger partial charge in [0.1, 0.15) is 5.54 Å². The lowest BCUT2D eigenvalue weighted by Crippen LogP contribution is -2.44. The number of benzene rings is 1. The highest BCUT2D eigenvalue weighted by Crippen LogP contribution is 2.24. The summed E-state index contributed by atoms with van der Waals surface area (Å²) in [7, 11) is 0. The average Bonchev–Trinajstić information content (AvgIpc) is 2.84. The van der Waals surface area contributed by atoms with Crippen molar-refractivity contribution in [2.75, 3.05) is 13.2 Å². The largest absolute Gasteiger partial charge is 0.389 e. The number of amides is 3. The van der Waals surface area contributed by atoms with Gasteiger partial charge in [0.25, 0.3) is 5.91 Å². The Morgan fingerprint density at radius 1 is 1.22 bits per heavy atom. The van der Waals surface area contributed by atoms with E-state index in [1.54, 1.807) is 19.1 Å². The standard InChI is InChI=1S/C20H29ClN2O4/c1-3-4-5-6-11-20(2)18(25)23(19(26)22-20)12-17(24)14-27-13-15-7-9-16(21)10-8-15/h7-10,17,24H,3-6,11-14H2,1-2H3,(H,22,26). The molecule has 1 aliphatic rings. The van der Waals surface area contributed by atoms with Crippen molar-refractivity contribution in [2.24, 2.45) is 0 Å². The molecule has 1 aromatic carbocycles. The summed E-state index contributed by atoms with van der Waals surface area (Å²) in [5, 5.41) is 13.6. The molecule has 1 heterocycles. The van der Waals surface area contributed by atoms with Crippen molar-refractivity contribution < 1.29 is 19.4 Å². The van der Waals surface area contributed by atoms with Crippen LogP contribution >= 0.6 is 11.6 Å². The predicted molar refractivity (Wildman–Crippen MR) is 105 cm³/mol. The summed E-state index contributed by atoms with van der Waals surface area (Å²) in [5.74, 6) is -0.277. The van der Waals surface area contributed by atoms with Crippen molar-refractivity contribution in [3.8, 4) is 0 Å². The second-order valence-electron chi connectivity index (χ2n) is 7.28. The van der Waals surface area contributed by atoms with Crippen LogP contribution in [0.1, 0.15) is 51.5 Å². The lowest BCUT2D eigenvalue weighted by atomic mass is 9.94. The lowest BCUT2D eigenvalue weighted by Gasteiger charge is -2.22. The van der Waals surface area contributed by atoms with Crippen molar-refractivity contribution in [1.82, 2.24) is 10.2 Å². The number of nitrogens with zero attached hydrogens (tertiary/aromatic N) is 1. The first kappa shape index (κ1) is 21.7. The minimum atomic E-state index is -0.936. The smallest absolute Gasteiger partial charge is 0.325 e. The number of ether oxygens (including phenoxy) is 1. The number of aliphatic hydroxyl groups is 1. The maximum absolute atomic E-state index is 12.6. The van der Waals surface area contributed by atoms with Gasteiger partial charge < -0.3 is 15.2 Å². The number of hydrogen-bond donors (Lipinski definition) is 2. The van der Waals surface area contributed by atoms with Crippen LogP contribution in [0.15, 0.2) is 24.3 Å². The number of hydrogen-bond acceptors (Lipinski definition) is 4. The molecule has 2 N–H and O–H groups in total. The quantitative estimate of drug-likeness (QED) is 0.443. The van der Waals surface area contributed by atoms with E-state index >= 15 is 0 Å². The van der Waals surface area contributed by atoms with E-state index in [9.17, 15) is 14.7 Å². The number of carbonyl (C=O) groups excluding carboxylic acids is 2. The molecular formula is C20H29ClN2O4. The third-order valence-corrected chi connectivity index (χ3v) is 5.01. The third-order valence-electron chi connectivity index (χ3n) is 4.76. The van der Waals surface area contributed by atoms with E-state index in [0.717, 1.165) is 36.1 Å². The molecule has 6 nitrogen and oxygen atoms in total. The molecule has 2 atom stereocenters. The Labute approximate surface area is 165 Å². The molecule has 0 radical (unpaired) electrons. The van der Waals surface area contributed by atoms with E-state index < -0.39 is 17.7 Å². The fourth-order valence-electron chi connectivity index (χ4n) is 3.14. The van der Waals surface area contributed by atoms with E-state index in [-0.39, 0.29) is 19.1 Å². The SMILES string of the molecule is CCCCCCC1(C)NC(=O)N(CC(O)COCc2ccc(Cl)cc2)C1=O. The minimum absolute atomic E-state index is 0.0346. The van der Waals surface area contributed by atoms with Gasteiger partial charge >= 0.3 is 6.03 Å². The predicted octanol–water partition coefficient (Wildman–Crippen LogP) is 3.50. The second-order valence-corrected chi connectivity index (χ2v) is 7.72. The summed E-state index contributed by atoms with van der Waals surface area (Å²) >= 11 is 5.83. The number of urea groups is 1. The maximum Gasteiger partial charge on any atom is 0.325 e. The molecule has 1 aromatic rings. The van der Waals surface area contributed by atoms with Crippen LogP contribution in [0.4, 0.5) is 4.79 Å². The summed E-state index contributed by atoms with van der Waals surface area (Å²) in [4.78, 5) is 25.9. The molecule has 1 aliphatic heterocycles. The molecule has 0 saturated carbocycles. The highest BCUT2D eigenvalue weighted by Gasteiger charge is 2.47. The van der Waals surface area contributed by atoms with Gasteiger partial charge in [-0.1, -0.05) is 56.3 Å². The monoisotopic (exact) mass is 396 g/mol. The topological polar surface area (TPSA) is 78.9 Å². The van der Waals surface area contributed by atoms with E-state index in [0.29, 0.717) is 18.1 Å². The second kappa shape index (κ2) is 10.1. The summed E-state index contributed by atoms with van der Waals surface area (Å²) in [6, 6.07) is 6.78. The van der Waals surface area contributed by atoms with Gasteiger partial charge in [0, 0.05) is 5.02 Å². The number of imide groups is 1. The minimum Gasteiger partial charge on any atom is -0.389 e. The molecule has 0 spiro atoms. The fourth-order valence-corrected chi connectivity index (χ4v) is 3.27. The normalized spacial score (nSPS) is 20.8. The average molecular weight is 397 g/mol. The van der Waals surface area contributed by atoms with E-state index in [1.165, 1.54) is 0 Å². The number of rotatable bonds is 11. The molecular weight excluding hydrogens is 368 g/mol. The number of unbranched alkanes of at least 4 members (excludes halogenated alkanes) is 3. The Bertz CT molecular complexity index is 637. The molecule has 2 rings (SSSR count). The summed E-state index contributed by atoms with van der Waals surface area (Å²) in [6.45, 7) is 4.16. The molecule has 0 aliphatic carbocycles. The first-order chi connectivity index (χ1) is 12.9. The van der Waals surface area contributed by atoms with Gasteiger partial charge in [0.2, 0.25) is 0 Å². The van der Waals surface area contributed by atoms with Gasteiger partial charge in [-0.3, -0.25) is 9.69 Å². The Balaban J connectivity index is 1.78. The van der Waals surface area contributed by atoms with Crippen molar-refractivity contribution in [2.45, 2.75) is 64.2 Å². The third kappa shape index (κ3) is 6.19. The van der Waals surface area contributed by atoms with Crippen molar-refractivity contribution in [1.29, 1.82) is 0 Å². The van der Waals surface area contributed by atoms with Crippen LogP contribution in [0.3, 0.4) is 0 Å². The molecule has 0 bridgehead atoms. The summed E-state index contributed by atoms with van der Waals surface area (Å²) < 4.78 is 5.48. The number of nitrogens with one attached hydrogen (secondary N) is 1. The first-order valence-corrected chi connectivity index (χ1v) is 9.88. The van der Waals surface area contributed by atoms with Crippen LogP contribution in [0.5, 0.6) is 0 Å². The zero-order valence-corrected chi connectivity index (χ0v) is 16.8. The maximum atomic E-state index is 12.6. The molecule has 150 valence electrons. The lowest BCUT2D eigenvalue weighted by molar-refractivity contribution is -0.132. The van der Waals surface area contributed by atoms with Crippen molar-refractivity contribution in [3.05, 3.63) is 34.9 Å². The number of β-amino-alcohol motifs (C(OH)–C–C–N with tert-alkyl or cyclic N) is 1. The van der Waals surface area contributed by atoms with E-state index in [4.69, 9.17) is 16.3 Å². The Kier molecular flexibility index (Phi) is 8.07. The van der Waals surface area contributed by atoms with Gasteiger partial charge in [-0.2, -0.15) is 0 Å². The fraction of sp³-hybridized carbons (Fsp3) is 0.600. The molecule has 0 aromatic heterocycles. The number of halogens is 1. The zero-order valence-electron chi connectivity index (χ0n) is 16.0. The van der Waals surface area contributed by atoms with Crippen LogP contribution in [0.25, 0.3) is 0 Å². The highest BCUT2D eigenvalue weighted by atomic mass is 35.5. The molecule has 2 unspecified atom stereocenters. The van der Waals surface area contributed by atoms with Gasteiger partial charge in [0.15, 0.2) is 0 Å². The molecule has 7 heteroatoms. The first-order valence-electron chi connectivity index (χ1n) is 9.50. The molecule has 1 saturated heterocycles.